The number of nitrogens with zero attached hydrogens (tertiary/aromatic N) is 1. The lowest BCUT2D eigenvalue weighted by atomic mass is 9.96. The van der Waals surface area contributed by atoms with E-state index in [1.54, 1.807) is 29.2 Å². The van der Waals surface area contributed by atoms with Crippen LogP contribution in [0.2, 0.25) is 0 Å². The van der Waals surface area contributed by atoms with Crippen molar-refractivity contribution in [2.45, 2.75) is 44.3 Å². The number of aromatic hydroxyl groups is 1. The number of primary amides is 1. The highest BCUT2D eigenvalue weighted by Crippen LogP contribution is 2.26. The monoisotopic (exact) mass is 396 g/mol. The summed E-state index contributed by atoms with van der Waals surface area (Å²) < 4.78 is 0. The van der Waals surface area contributed by atoms with Gasteiger partial charge in [0.1, 0.15) is 17.8 Å². The highest BCUT2D eigenvalue weighted by molar-refractivity contribution is 5.91. The molecule has 2 aromatic carbocycles. The molecule has 7 heteroatoms. The summed E-state index contributed by atoms with van der Waals surface area (Å²) >= 11 is 0. The van der Waals surface area contributed by atoms with Crippen molar-refractivity contribution in [2.24, 2.45) is 11.5 Å². The summed E-state index contributed by atoms with van der Waals surface area (Å²) in [6.45, 7) is 0.650. The van der Waals surface area contributed by atoms with E-state index in [2.05, 4.69) is 5.32 Å². The molecule has 0 saturated heterocycles. The smallest absolute Gasteiger partial charge is 0.246 e. The lowest BCUT2D eigenvalue weighted by Crippen LogP contribution is -2.53. The summed E-state index contributed by atoms with van der Waals surface area (Å²) in [5.74, 6) is -0.554. The highest BCUT2D eigenvalue weighted by Gasteiger charge is 2.34. The van der Waals surface area contributed by atoms with Crippen LogP contribution in [0.15, 0.2) is 48.5 Å². The molecule has 2 aromatic rings. The molecule has 0 saturated carbocycles. The minimum absolute atomic E-state index is 0.145. The average Bonchev–Trinajstić information content (AvgIpc) is 2.73. The fourth-order valence-electron chi connectivity index (χ4n) is 3.73. The maximum Gasteiger partial charge on any atom is 0.246 e. The number of hydrogen-bond donors (Lipinski definition) is 4. The number of phenolic OH excluding ortho intramolecular Hbond substituents is 1. The normalized spacial score (nSPS) is 16.4. The summed E-state index contributed by atoms with van der Waals surface area (Å²) in [7, 11) is 0. The van der Waals surface area contributed by atoms with E-state index in [1.807, 2.05) is 24.3 Å². The van der Waals surface area contributed by atoms with E-state index in [0.29, 0.717) is 25.8 Å². The van der Waals surface area contributed by atoms with Crippen molar-refractivity contribution in [1.82, 2.24) is 4.90 Å². The molecule has 1 heterocycles. The van der Waals surface area contributed by atoms with Crippen molar-refractivity contribution in [2.75, 3.05) is 11.9 Å². The van der Waals surface area contributed by atoms with E-state index < -0.39 is 18.0 Å². The molecule has 1 aliphatic rings. The number of anilines is 1. The number of carbonyl (C=O) groups is 2. The molecule has 0 fully saturated rings. The number of para-hydroxylation sites is 1. The molecule has 2 amide bonds. The number of amides is 2. The van der Waals surface area contributed by atoms with Gasteiger partial charge in [0.15, 0.2) is 0 Å². The molecule has 0 aromatic heterocycles. The van der Waals surface area contributed by atoms with Gasteiger partial charge in [0.25, 0.3) is 0 Å². The summed E-state index contributed by atoms with van der Waals surface area (Å²) in [6.07, 6.45) is 2.44. The Morgan fingerprint density at radius 1 is 1.17 bits per heavy atom. The number of rotatable bonds is 8. The van der Waals surface area contributed by atoms with Crippen LogP contribution in [0.3, 0.4) is 0 Å². The maximum atomic E-state index is 13.5. The second-order valence-electron chi connectivity index (χ2n) is 7.37. The number of phenols is 1. The topological polar surface area (TPSA) is 122 Å². The molecular formula is C22H28N4O3. The van der Waals surface area contributed by atoms with E-state index in [9.17, 15) is 14.7 Å². The predicted molar refractivity (Wildman–Crippen MR) is 112 cm³/mol. The van der Waals surface area contributed by atoms with E-state index >= 15 is 0 Å². The van der Waals surface area contributed by atoms with E-state index in [1.165, 1.54) is 5.56 Å². The Hall–Kier alpha value is -3.06. The van der Waals surface area contributed by atoms with Gasteiger partial charge in [0.2, 0.25) is 11.8 Å². The van der Waals surface area contributed by atoms with Gasteiger partial charge >= 0.3 is 0 Å². The SMILES string of the molecule is NCCC[C@@H](C(N)=O)N(Cc1ccc(O)cc1)C(=O)C1CCc2ccccc2N1. The van der Waals surface area contributed by atoms with E-state index in [-0.39, 0.29) is 18.2 Å². The largest absolute Gasteiger partial charge is 0.508 e. The lowest BCUT2D eigenvalue weighted by Gasteiger charge is -2.35. The Morgan fingerprint density at radius 2 is 1.90 bits per heavy atom. The first-order chi connectivity index (χ1) is 14.0. The first kappa shape index (κ1) is 20.7. The molecule has 3 rings (SSSR count). The molecule has 0 bridgehead atoms. The van der Waals surface area contributed by atoms with Gasteiger partial charge in [0.05, 0.1) is 0 Å². The Kier molecular flexibility index (Phi) is 6.72. The quantitative estimate of drug-likeness (QED) is 0.541. The maximum absolute atomic E-state index is 13.5. The Morgan fingerprint density at radius 3 is 2.59 bits per heavy atom. The van der Waals surface area contributed by atoms with Crippen molar-refractivity contribution in [1.29, 1.82) is 0 Å². The number of nitrogens with one attached hydrogen (secondary N) is 1. The highest BCUT2D eigenvalue weighted by atomic mass is 16.3. The molecule has 2 atom stereocenters. The number of nitrogens with two attached hydrogens (primary N) is 2. The van der Waals surface area contributed by atoms with Crippen molar-refractivity contribution >= 4 is 17.5 Å². The van der Waals surface area contributed by atoms with Crippen LogP contribution >= 0.6 is 0 Å². The van der Waals surface area contributed by atoms with E-state index in [4.69, 9.17) is 11.5 Å². The first-order valence-corrected chi connectivity index (χ1v) is 9.92. The van der Waals surface area contributed by atoms with Crippen LogP contribution in [-0.4, -0.2) is 40.4 Å². The Labute approximate surface area is 170 Å². The average molecular weight is 396 g/mol. The van der Waals surface area contributed by atoms with Crippen LogP contribution in [0, 0.1) is 0 Å². The Bertz CT molecular complexity index is 853. The molecule has 154 valence electrons. The third-order valence-electron chi connectivity index (χ3n) is 5.31. The predicted octanol–water partition coefficient (Wildman–Crippen LogP) is 1.74. The minimum Gasteiger partial charge on any atom is -0.508 e. The van der Waals surface area contributed by atoms with Gasteiger partial charge < -0.3 is 26.8 Å². The summed E-state index contributed by atoms with van der Waals surface area (Å²) in [5, 5.41) is 12.8. The molecule has 0 radical (unpaired) electrons. The third-order valence-corrected chi connectivity index (χ3v) is 5.31. The molecule has 1 unspecified atom stereocenters. The number of aryl methyl sites for hydroxylation is 1. The van der Waals surface area contributed by atoms with Crippen molar-refractivity contribution in [3.8, 4) is 5.75 Å². The van der Waals surface area contributed by atoms with E-state index in [0.717, 1.165) is 17.7 Å². The van der Waals surface area contributed by atoms with Crippen molar-refractivity contribution < 1.29 is 14.7 Å². The number of hydrogen-bond acceptors (Lipinski definition) is 5. The molecule has 6 N–H and O–H groups in total. The van der Waals surface area contributed by atoms with Gasteiger partial charge in [-0.1, -0.05) is 30.3 Å². The van der Waals surface area contributed by atoms with Crippen LogP contribution < -0.4 is 16.8 Å². The number of carbonyl (C=O) groups excluding carboxylic acids is 2. The molecule has 29 heavy (non-hydrogen) atoms. The van der Waals surface area contributed by atoms with Crippen molar-refractivity contribution in [3.05, 3.63) is 59.7 Å². The standard InChI is InChI=1S/C22H28N4O3/c23-13-3-6-20(21(24)28)26(14-15-7-10-17(27)11-8-15)22(29)19-12-9-16-4-1-2-5-18(16)25-19/h1-2,4-5,7-8,10-11,19-20,25,27H,3,6,9,12-14,23H2,(H2,24,28)/t19?,20-/m0/s1. The first-order valence-electron chi connectivity index (χ1n) is 9.92. The molecule has 0 spiro atoms. The van der Waals surface area contributed by atoms with Gasteiger partial charge in [-0.2, -0.15) is 0 Å². The van der Waals surface area contributed by atoms with Crippen LogP contribution in [0.5, 0.6) is 5.75 Å². The fraction of sp³-hybridized carbons (Fsp3) is 0.364. The van der Waals surface area contributed by atoms with Gasteiger partial charge in [-0.3, -0.25) is 9.59 Å². The zero-order valence-electron chi connectivity index (χ0n) is 16.4. The minimum atomic E-state index is -0.737. The summed E-state index contributed by atoms with van der Waals surface area (Å²) in [4.78, 5) is 27.2. The zero-order chi connectivity index (χ0) is 20.8. The van der Waals surface area contributed by atoms with Crippen LogP contribution in [-0.2, 0) is 22.6 Å². The van der Waals surface area contributed by atoms with Crippen LogP contribution in [0.1, 0.15) is 30.4 Å². The van der Waals surface area contributed by atoms with Gasteiger partial charge in [-0.05, 0) is 61.6 Å². The number of benzene rings is 2. The molecule has 1 aliphatic heterocycles. The van der Waals surface area contributed by atoms with Gasteiger partial charge in [0, 0.05) is 12.2 Å². The summed E-state index contributed by atoms with van der Waals surface area (Å²) in [5.41, 5.74) is 14.2. The second kappa shape index (κ2) is 9.43. The molecular weight excluding hydrogens is 368 g/mol. The van der Waals surface area contributed by atoms with Crippen LogP contribution in [0.4, 0.5) is 5.69 Å². The second-order valence-corrected chi connectivity index (χ2v) is 7.37. The molecule has 0 aliphatic carbocycles. The Balaban J connectivity index is 1.85. The van der Waals surface area contributed by atoms with Gasteiger partial charge in [-0.15, -0.1) is 0 Å². The third kappa shape index (κ3) is 5.06. The summed E-state index contributed by atoms with van der Waals surface area (Å²) in [6, 6.07) is 13.3. The number of fused-ring (bicyclic) bond motifs is 1. The van der Waals surface area contributed by atoms with Gasteiger partial charge in [-0.25, -0.2) is 0 Å². The zero-order valence-corrected chi connectivity index (χ0v) is 16.4. The van der Waals surface area contributed by atoms with Crippen LogP contribution in [0.25, 0.3) is 0 Å². The lowest BCUT2D eigenvalue weighted by molar-refractivity contribution is -0.141. The van der Waals surface area contributed by atoms with Crippen molar-refractivity contribution in [3.63, 3.8) is 0 Å². The molecule has 7 nitrogen and oxygen atoms in total. The fourth-order valence-corrected chi connectivity index (χ4v) is 3.73.